The quantitative estimate of drug-likeness (QED) is 0.296. The number of hydrogen-bond donors (Lipinski definition) is 1. The largest absolute Gasteiger partial charge is 0.464 e. The molecule has 0 radical (unpaired) electrons. The molecule has 0 bridgehead atoms. The van der Waals surface area contributed by atoms with Crippen LogP contribution in [0.3, 0.4) is 0 Å². The van der Waals surface area contributed by atoms with E-state index in [9.17, 15) is 14.4 Å². The SMILES string of the molecule is CCC(=O)Nc1nnc(SCc2cc(=O)c(OC(=O)c3cccc(Br)c3)co2)s1. The van der Waals surface area contributed by atoms with Gasteiger partial charge in [-0.3, -0.25) is 9.59 Å². The maximum atomic E-state index is 12.2. The number of benzene rings is 1. The summed E-state index contributed by atoms with van der Waals surface area (Å²) in [7, 11) is 0. The summed E-state index contributed by atoms with van der Waals surface area (Å²) in [5.41, 5.74) is -0.163. The third-order valence-corrected chi connectivity index (χ3v) is 5.91. The predicted octanol–water partition coefficient (Wildman–Crippen LogP) is 4.11. The Morgan fingerprint density at radius 1 is 1.31 bits per heavy atom. The van der Waals surface area contributed by atoms with Crippen LogP contribution < -0.4 is 15.5 Å². The number of hydrogen-bond acceptors (Lipinski definition) is 9. The van der Waals surface area contributed by atoms with Crippen molar-refractivity contribution in [3.63, 3.8) is 0 Å². The van der Waals surface area contributed by atoms with Crippen molar-refractivity contribution in [1.29, 1.82) is 0 Å². The first kappa shape index (κ1) is 21.2. The summed E-state index contributed by atoms with van der Waals surface area (Å²) in [6.45, 7) is 1.74. The highest BCUT2D eigenvalue weighted by molar-refractivity contribution is 9.10. The summed E-state index contributed by atoms with van der Waals surface area (Å²) in [4.78, 5) is 35.7. The van der Waals surface area contributed by atoms with Gasteiger partial charge in [-0.15, -0.1) is 10.2 Å². The van der Waals surface area contributed by atoms with E-state index in [2.05, 4.69) is 31.4 Å². The van der Waals surface area contributed by atoms with E-state index in [1.165, 1.54) is 29.2 Å². The fourth-order valence-corrected chi connectivity index (χ4v) is 4.08. The normalized spacial score (nSPS) is 10.6. The molecule has 1 amide bonds. The highest BCUT2D eigenvalue weighted by Crippen LogP contribution is 2.28. The van der Waals surface area contributed by atoms with Gasteiger partial charge in [0.25, 0.3) is 0 Å². The fraction of sp³-hybridized carbons (Fsp3) is 0.167. The lowest BCUT2D eigenvalue weighted by Gasteiger charge is -2.04. The minimum atomic E-state index is -0.656. The molecule has 3 aromatic rings. The first-order valence-electron chi connectivity index (χ1n) is 8.30. The van der Waals surface area contributed by atoms with Gasteiger partial charge < -0.3 is 14.5 Å². The van der Waals surface area contributed by atoms with Gasteiger partial charge in [0.15, 0.2) is 4.34 Å². The molecule has 11 heteroatoms. The standard InChI is InChI=1S/C18H14BrN3O5S2/c1-2-15(24)20-17-21-22-18(29-17)28-9-12-7-13(23)14(8-26-12)27-16(25)10-4-3-5-11(19)6-10/h3-8H,2,9H2,1H3,(H,20,21,24). The smallest absolute Gasteiger partial charge is 0.343 e. The molecule has 0 aliphatic heterocycles. The number of aromatic nitrogens is 2. The van der Waals surface area contributed by atoms with Gasteiger partial charge in [-0.2, -0.15) is 0 Å². The van der Waals surface area contributed by atoms with Crippen LogP contribution in [0.2, 0.25) is 0 Å². The van der Waals surface area contributed by atoms with Crippen LogP contribution in [-0.4, -0.2) is 22.1 Å². The van der Waals surface area contributed by atoms with Crippen molar-refractivity contribution in [2.24, 2.45) is 0 Å². The molecule has 0 unspecified atom stereocenters. The van der Waals surface area contributed by atoms with Crippen molar-refractivity contribution in [1.82, 2.24) is 10.2 Å². The number of anilines is 1. The van der Waals surface area contributed by atoms with E-state index in [1.54, 1.807) is 31.2 Å². The van der Waals surface area contributed by atoms with Gasteiger partial charge >= 0.3 is 5.97 Å². The van der Waals surface area contributed by atoms with Crippen LogP contribution in [0.4, 0.5) is 5.13 Å². The average molecular weight is 496 g/mol. The molecule has 1 N–H and O–H groups in total. The molecule has 2 heterocycles. The highest BCUT2D eigenvalue weighted by Gasteiger charge is 2.14. The molecule has 0 saturated carbocycles. The first-order chi connectivity index (χ1) is 13.9. The Morgan fingerprint density at radius 2 is 2.14 bits per heavy atom. The van der Waals surface area contributed by atoms with Crippen molar-refractivity contribution < 1.29 is 18.7 Å². The van der Waals surface area contributed by atoms with Crippen LogP contribution in [0.15, 0.2) is 54.6 Å². The molecule has 2 aromatic heterocycles. The van der Waals surface area contributed by atoms with Crippen molar-refractivity contribution in [3.05, 3.63) is 62.6 Å². The molecule has 0 aliphatic rings. The second kappa shape index (κ2) is 9.81. The third-order valence-electron chi connectivity index (χ3n) is 3.43. The second-order valence-electron chi connectivity index (χ2n) is 5.54. The Labute approximate surface area is 181 Å². The number of esters is 1. The fourth-order valence-electron chi connectivity index (χ4n) is 2.02. The van der Waals surface area contributed by atoms with E-state index in [-0.39, 0.29) is 11.7 Å². The van der Waals surface area contributed by atoms with Crippen LogP contribution >= 0.6 is 39.0 Å². The van der Waals surface area contributed by atoms with E-state index in [1.807, 2.05) is 0 Å². The zero-order chi connectivity index (χ0) is 20.8. The molecular formula is C18H14BrN3O5S2. The molecule has 29 heavy (non-hydrogen) atoms. The summed E-state index contributed by atoms with van der Waals surface area (Å²) in [5.74, 6) is -0.278. The molecule has 1 aromatic carbocycles. The van der Waals surface area contributed by atoms with E-state index >= 15 is 0 Å². The lowest BCUT2D eigenvalue weighted by atomic mass is 10.2. The third kappa shape index (κ3) is 5.99. The Morgan fingerprint density at radius 3 is 2.86 bits per heavy atom. The Balaban J connectivity index is 1.60. The maximum absolute atomic E-state index is 12.2. The topological polar surface area (TPSA) is 111 Å². The van der Waals surface area contributed by atoms with Gasteiger partial charge in [-0.1, -0.05) is 52.0 Å². The summed E-state index contributed by atoms with van der Waals surface area (Å²) in [6, 6.07) is 7.90. The Hall–Kier alpha value is -2.50. The number of carbonyl (C=O) groups excluding carboxylic acids is 2. The number of thioether (sulfide) groups is 1. The summed E-state index contributed by atoms with van der Waals surface area (Å²) < 4.78 is 11.8. The number of nitrogens with zero attached hydrogens (tertiary/aromatic N) is 2. The first-order valence-corrected chi connectivity index (χ1v) is 10.9. The number of nitrogens with one attached hydrogen (secondary N) is 1. The second-order valence-corrected chi connectivity index (χ2v) is 8.65. The molecular weight excluding hydrogens is 482 g/mol. The average Bonchev–Trinajstić information content (AvgIpc) is 3.15. The minimum Gasteiger partial charge on any atom is -0.464 e. The van der Waals surface area contributed by atoms with Crippen molar-refractivity contribution in [2.75, 3.05) is 5.32 Å². The number of halogens is 1. The zero-order valence-electron chi connectivity index (χ0n) is 15.0. The van der Waals surface area contributed by atoms with E-state index < -0.39 is 11.4 Å². The van der Waals surface area contributed by atoms with Crippen LogP contribution in [0.25, 0.3) is 0 Å². The van der Waals surface area contributed by atoms with Crippen LogP contribution in [0, 0.1) is 0 Å². The van der Waals surface area contributed by atoms with Gasteiger partial charge in [0.1, 0.15) is 12.0 Å². The number of ether oxygens (including phenoxy) is 1. The molecule has 0 spiro atoms. The van der Waals surface area contributed by atoms with Crippen molar-refractivity contribution >= 4 is 56.0 Å². The molecule has 0 fully saturated rings. The van der Waals surface area contributed by atoms with Gasteiger partial charge in [0, 0.05) is 17.0 Å². The highest BCUT2D eigenvalue weighted by atomic mass is 79.9. The molecule has 0 saturated heterocycles. The number of rotatable bonds is 7. The Bertz CT molecular complexity index is 1100. The van der Waals surface area contributed by atoms with E-state index in [0.29, 0.717) is 33.0 Å². The van der Waals surface area contributed by atoms with Crippen LogP contribution in [0.5, 0.6) is 5.75 Å². The summed E-state index contributed by atoms with van der Waals surface area (Å²) in [6.07, 6.45) is 1.47. The van der Waals surface area contributed by atoms with Crippen molar-refractivity contribution in [2.45, 2.75) is 23.4 Å². The molecule has 3 rings (SSSR count). The molecule has 8 nitrogen and oxygen atoms in total. The van der Waals surface area contributed by atoms with Crippen LogP contribution in [-0.2, 0) is 10.5 Å². The number of amides is 1. The molecule has 0 aliphatic carbocycles. The number of carbonyl (C=O) groups is 2. The van der Waals surface area contributed by atoms with Crippen LogP contribution in [0.1, 0.15) is 29.5 Å². The lowest BCUT2D eigenvalue weighted by Crippen LogP contribution is -2.14. The molecule has 0 atom stereocenters. The zero-order valence-corrected chi connectivity index (χ0v) is 18.2. The van der Waals surface area contributed by atoms with E-state index in [0.717, 1.165) is 10.7 Å². The van der Waals surface area contributed by atoms with Crippen molar-refractivity contribution in [3.8, 4) is 5.75 Å². The van der Waals surface area contributed by atoms with E-state index in [4.69, 9.17) is 9.15 Å². The lowest BCUT2D eigenvalue weighted by molar-refractivity contribution is -0.115. The maximum Gasteiger partial charge on any atom is 0.343 e. The predicted molar refractivity (Wildman–Crippen MR) is 112 cm³/mol. The minimum absolute atomic E-state index is 0.142. The van der Waals surface area contributed by atoms with Gasteiger partial charge in [0.2, 0.25) is 22.2 Å². The summed E-state index contributed by atoms with van der Waals surface area (Å²) >= 11 is 5.80. The van der Waals surface area contributed by atoms with Gasteiger partial charge in [-0.25, -0.2) is 4.79 Å². The Kier molecular flexibility index (Phi) is 7.18. The molecule has 150 valence electrons. The monoisotopic (exact) mass is 495 g/mol. The summed E-state index contributed by atoms with van der Waals surface area (Å²) in [5, 5.41) is 10.9. The van der Waals surface area contributed by atoms with Gasteiger partial charge in [0.05, 0.1) is 11.3 Å². The van der Waals surface area contributed by atoms with Gasteiger partial charge in [-0.05, 0) is 18.2 Å².